The Hall–Kier alpha value is -3.07. The summed E-state index contributed by atoms with van der Waals surface area (Å²) >= 11 is 0. The monoisotopic (exact) mass is 455 g/mol. The van der Waals surface area contributed by atoms with Crippen LogP contribution in [-0.2, 0) is 15.6 Å². The van der Waals surface area contributed by atoms with Crippen LogP contribution in [0.2, 0.25) is 0 Å². The van der Waals surface area contributed by atoms with Crippen LogP contribution < -0.4 is 10.2 Å². The number of carbonyl (C=O) groups excluding carboxylic acids is 1. The van der Waals surface area contributed by atoms with Crippen molar-refractivity contribution < 1.29 is 13.2 Å². The minimum Gasteiger partial charge on any atom is -0.380 e. The first-order valence-corrected chi connectivity index (χ1v) is 12.8. The summed E-state index contributed by atoms with van der Waals surface area (Å²) in [6, 6.07) is 11.5. The summed E-state index contributed by atoms with van der Waals surface area (Å²) in [4.78, 5) is 21.8. The van der Waals surface area contributed by atoms with Gasteiger partial charge < -0.3 is 15.1 Å². The van der Waals surface area contributed by atoms with Crippen LogP contribution in [0.15, 0.2) is 48.8 Å². The van der Waals surface area contributed by atoms with Crippen molar-refractivity contribution >= 4 is 38.3 Å². The Morgan fingerprint density at radius 3 is 2.56 bits per heavy atom. The Bertz CT molecular complexity index is 1230. The van der Waals surface area contributed by atoms with Crippen molar-refractivity contribution in [1.29, 1.82) is 0 Å². The molecular weight excluding hydrogens is 426 g/mol. The van der Waals surface area contributed by atoms with Crippen molar-refractivity contribution in [2.45, 2.75) is 25.6 Å². The summed E-state index contributed by atoms with van der Waals surface area (Å²) in [6.45, 7) is 6.73. The number of anilines is 2. The molecule has 0 bridgehead atoms. The predicted molar refractivity (Wildman–Crippen MR) is 128 cm³/mol. The molecule has 4 rings (SSSR count). The Labute approximate surface area is 188 Å². The number of aromatic nitrogens is 2. The molecule has 0 spiro atoms. The topological polar surface area (TPSA) is 87.5 Å². The van der Waals surface area contributed by atoms with E-state index in [1.165, 1.54) is 6.26 Å². The summed E-state index contributed by atoms with van der Waals surface area (Å²) in [5, 5.41) is 4.35. The molecule has 2 aromatic heterocycles. The van der Waals surface area contributed by atoms with Crippen LogP contribution in [-0.4, -0.2) is 67.4 Å². The van der Waals surface area contributed by atoms with Crippen LogP contribution in [0.4, 0.5) is 16.3 Å². The largest absolute Gasteiger partial charge is 0.380 e. The average Bonchev–Trinajstić information content (AvgIpc) is 3.15. The summed E-state index contributed by atoms with van der Waals surface area (Å²) in [7, 11) is -3.15. The number of piperazine rings is 1. The first-order chi connectivity index (χ1) is 15.2. The third-order valence-electron chi connectivity index (χ3n) is 5.47. The first kappa shape index (κ1) is 22.1. The van der Waals surface area contributed by atoms with Crippen molar-refractivity contribution in [1.82, 2.24) is 14.5 Å². The zero-order valence-corrected chi connectivity index (χ0v) is 19.5. The van der Waals surface area contributed by atoms with E-state index in [2.05, 4.69) is 29.0 Å². The number of nitrogens with one attached hydrogen (secondary N) is 1. The molecule has 0 unspecified atom stereocenters. The molecule has 1 aliphatic heterocycles. The molecule has 32 heavy (non-hydrogen) atoms. The second-order valence-corrected chi connectivity index (χ2v) is 10.7. The van der Waals surface area contributed by atoms with Gasteiger partial charge in [0.1, 0.15) is 0 Å². The molecule has 0 aliphatic carbocycles. The van der Waals surface area contributed by atoms with Crippen LogP contribution in [0.5, 0.6) is 0 Å². The number of pyridine rings is 1. The van der Waals surface area contributed by atoms with Gasteiger partial charge in [-0.2, -0.15) is 0 Å². The normalized spacial score (nSPS) is 14.9. The van der Waals surface area contributed by atoms with Crippen LogP contribution in [0.1, 0.15) is 19.4 Å². The number of nitrogens with zero attached hydrogens (tertiary/aromatic N) is 4. The number of carbonyl (C=O) groups is 1. The lowest BCUT2D eigenvalue weighted by molar-refractivity contribution is 0.197. The molecule has 1 fully saturated rings. The lowest BCUT2D eigenvalue weighted by Crippen LogP contribution is -2.50. The van der Waals surface area contributed by atoms with E-state index in [0.29, 0.717) is 37.8 Å². The fraction of sp³-hybridized carbons (Fsp3) is 0.391. The van der Waals surface area contributed by atoms with Gasteiger partial charge in [-0.15, -0.1) is 0 Å². The van der Waals surface area contributed by atoms with E-state index in [9.17, 15) is 13.2 Å². The van der Waals surface area contributed by atoms with Crippen molar-refractivity contribution in [3.8, 4) is 0 Å². The molecule has 1 saturated heterocycles. The van der Waals surface area contributed by atoms with Gasteiger partial charge in [-0.3, -0.25) is 4.57 Å². The number of sulfone groups is 1. The number of amides is 1. The quantitative estimate of drug-likeness (QED) is 0.636. The molecule has 8 nitrogen and oxygen atoms in total. The number of benzene rings is 1. The van der Waals surface area contributed by atoms with Gasteiger partial charge in [0.05, 0.1) is 17.0 Å². The fourth-order valence-corrected chi connectivity index (χ4v) is 4.85. The second kappa shape index (κ2) is 8.82. The lowest BCUT2D eigenvalue weighted by atomic mass is 10.2. The minimum absolute atomic E-state index is 0.0438. The molecule has 3 heterocycles. The Morgan fingerprint density at radius 2 is 1.88 bits per heavy atom. The number of hydrogen-bond acceptors (Lipinski definition) is 6. The maximum Gasteiger partial charge on any atom is 0.328 e. The van der Waals surface area contributed by atoms with Gasteiger partial charge in [0.2, 0.25) is 0 Å². The summed E-state index contributed by atoms with van der Waals surface area (Å²) in [5.41, 5.74) is 2.40. The van der Waals surface area contributed by atoms with Crippen LogP contribution in [0.25, 0.3) is 10.9 Å². The van der Waals surface area contributed by atoms with Gasteiger partial charge in [-0.05, 0) is 43.7 Å². The number of hydrogen-bond donors (Lipinski definition) is 1. The molecule has 1 N–H and O–H groups in total. The van der Waals surface area contributed by atoms with Crippen LogP contribution in [0, 0.1) is 0 Å². The van der Waals surface area contributed by atoms with Gasteiger partial charge in [0, 0.05) is 56.3 Å². The highest BCUT2D eigenvalue weighted by molar-refractivity contribution is 7.89. The highest BCUT2D eigenvalue weighted by Gasteiger charge is 2.25. The van der Waals surface area contributed by atoms with Gasteiger partial charge in [-0.1, -0.05) is 12.1 Å². The Kier molecular flexibility index (Phi) is 6.10. The summed E-state index contributed by atoms with van der Waals surface area (Å²) in [5.74, 6) is 0.864. The average molecular weight is 456 g/mol. The third-order valence-corrected chi connectivity index (χ3v) is 6.33. The van der Waals surface area contributed by atoms with Crippen molar-refractivity contribution in [2.75, 3.05) is 42.7 Å². The molecule has 0 atom stereocenters. The highest BCUT2D eigenvalue weighted by atomic mass is 32.2. The first-order valence-electron chi connectivity index (χ1n) is 10.7. The van der Waals surface area contributed by atoms with Crippen LogP contribution >= 0.6 is 0 Å². The van der Waals surface area contributed by atoms with E-state index in [0.717, 1.165) is 22.4 Å². The number of fused-ring (bicyclic) bond motifs is 1. The Morgan fingerprint density at radius 1 is 1.12 bits per heavy atom. The molecule has 170 valence electrons. The zero-order chi connectivity index (χ0) is 22.9. The lowest BCUT2D eigenvalue weighted by Gasteiger charge is -2.36. The maximum absolute atomic E-state index is 13.3. The predicted octanol–water partition coefficient (Wildman–Crippen LogP) is 3.19. The van der Waals surface area contributed by atoms with Gasteiger partial charge in [0.25, 0.3) is 0 Å². The molecule has 0 radical (unpaired) electrons. The van der Waals surface area contributed by atoms with E-state index in [-0.39, 0.29) is 11.8 Å². The van der Waals surface area contributed by atoms with Crippen molar-refractivity contribution in [2.24, 2.45) is 0 Å². The van der Waals surface area contributed by atoms with E-state index in [1.54, 1.807) is 29.1 Å². The molecule has 1 aliphatic rings. The second-order valence-electron chi connectivity index (χ2n) is 8.58. The molecule has 1 aromatic carbocycles. The maximum atomic E-state index is 13.3. The zero-order valence-electron chi connectivity index (χ0n) is 18.7. The highest BCUT2D eigenvalue weighted by Crippen LogP contribution is 2.25. The molecule has 1 amide bonds. The van der Waals surface area contributed by atoms with Crippen molar-refractivity contribution in [3.63, 3.8) is 0 Å². The van der Waals surface area contributed by atoms with Crippen molar-refractivity contribution in [3.05, 3.63) is 54.4 Å². The van der Waals surface area contributed by atoms with Crippen LogP contribution in [0.3, 0.4) is 0 Å². The minimum atomic E-state index is -3.15. The molecule has 0 saturated carbocycles. The van der Waals surface area contributed by atoms with E-state index in [1.807, 2.05) is 29.2 Å². The SMILES string of the molecule is CC(C)Nc1cccnc1N1CCN(C(=O)n2ccc3ccc(CS(C)(=O)=O)cc32)CC1. The molecular formula is C23H29N5O3S. The summed E-state index contributed by atoms with van der Waals surface area (Å²) in [6.07, 6.45) is 4.76. The smallest absolute Gasteiger partial charge is 0.328 e. The molecule has 3 aromatic rings. The third kappa shape index (κ3) is 4.88. The standard InChI is InChI=1S/C23H29N5O3S/c1-17(2)25-20-5-4-9-24-22(20)26-11-13-27(14-12-26)23(29)28-10-8-19-7-6-18(15-21(19)28)16-32(3,30)31/h4-10,15,17,25H,11-14,16H2,1-3H3. The van der Waals surface area contributed by atoms with E-state index >= 15 is 0 Å². The molecule has 9 heteroatoms. The van der Waals surface area contributed by atoms with Gasteiger partial charge >= 0.3 is 6.03 Å². The van der Waals surface area contributed by atoms with Gasteiger partial charge in [-0.25, -0.2) is 18.2 Å². The Balaban J connectivity index is 1.50. The number of rotatable bonds is 5. The summed E-state index contributed by atoms with van der Waals surface area (Å²) < 4.78 is 25.0. The fourth-order valence-electron chi connectivity index (χ4n) is 4.07. The van der Waals surface area contributed by atoms with E-state index < -0.39 is 9.84 Å². The van der Waals surface area contributed by atoms with E-state index in [4.69, 9.17) is 0 Å². The van der Waals surface area contributed by atoms with Gasteiger partial charge in [0.15, 0.2) is 15.7 Å².